The number of aromatic nitrogens is 2. The predicted molar refractivity (Wildman–Crippen MR) is 82.5 cm³/mol. The summed E-state index contributed by atoms with van der Waals surface area (Å²) in [4.78, 5) is 23.9. The molecular formula is C13H10ClF3N4OS. The maximum atomic E-state index is 12.8. The number of carbonyl (C=O) groups is 1. The highest BCUT2D eigenvalue weighted by Crippen LogP contribution is 2.35. The van der Waals surface area contributed by atoms with Crippen molar-refractivity contribution < 1.29 is 18.0 Å². The molecule has 0 aliphatic heterocycles. The van der Waals surface area contributed by atoms with Gasteiger partial charge >= 0.3 is 6.18 Å². The van der Waals surface area contributed by atoms with Crippen molar-refractivity contribution in [3.63, 3.8) is 0 Å². The first-order valence-electron chi connectivity index (χ1n) is 6.16. The van der Waals surface area contributed by atoms with Gasteiger partial charge in [0.2, 0.25) is 0 Å². The molecule has 0 atom stereocenters. The number of nitrogens with one attached hydrogen (secondary N) is 1. The van der Waals surface area contributed by atoms with Crippen LogP contribution in [0, 0.1) is 0 Å². The van der Waals surface area contributed by atoms with Crippen LogP contribution >= 0.6 is 22.9 Å². The number of nitrogens with zero attached hydrogens (tertiary/aromatic N) is 3. The van der Waals surface area contributed by atoms with Crippen LogP contribution in [-0.2, 0) is 6.18 Å². The van der Waals surface area contributed by atoms with Crippen molar-refractivity contribution in [2.24, 2.45) is 4.99 Å². The quantitative estimate of drug-likeness (QED) is 0.842. The van der Waals surface area contributed by atoms with Crippen molar-refractivity contribution >= 4 is 40.4 Å². The first-order chi connectivity index (χ1) is 10.7. The number of amides is 1. The minimum absolute atomic E-state index is 0.230. The van der Waals surface area contributed by atoms with Crippen LogP contribution < -0.4 is 5.32 Å². The average molecular weight is 363 g/mol. The maximum Gasteiger partial charge on any atom is 0.418 e. The molecule has 0 unspecified atom stereocenters. The molecule has 10 heteroatoms. The maximum absolute atomic E-state index is 12.8. The van der Waals surface area contributed by atoms with E-state index in [1.165, 1.54) is 6.20 Å². The van der Waals surface area contributed by atoms with Crippen LogP contribution in [0.1, 0.15) is 27.2 Å². The Balaban J connectivity index is 2.22. The number of hydrogen-bond donors (Lipinski definition) is 1. The normalized spacial score (nSPS) is 12.3. The average Bonchev–Trinajstić information content (AvgIpc) is 2.97. The SMILES string of the molecule is CN=C(C)c1ncc(C(=O)Nc2cc(C(F)(F)F)c(Cl)cn2)s1. The summed E-state index contributed by atoms with van der Waals surface area (Å²) >= 11 is 6.55. The highest BCUT2D eigenvalue weighted by Gasteiger charge is 2.34. The van der Waals surface area contributed by atoms with E-state index in [9.17, 15) is 18.0 Å². The summed E-state index contributed by atoms with van der Waals surface area (Å²) in [6.07, 6.45) is -2.47. The zero-order valence-electron chi connectivity index (χ0n) is 11.9. The third-order valence-electron chi connectivity index (χ3n) is 2.78. The van der Waals surface area contributed by atoms with Crippen molar-refractivity contribution in [3.8, 4) is 0 Å². The topological polar surface area (TPSA) is 67.2 Å². The first kappa shape index (κ1) is 17.4. The van der Waals surface area contributed by atoms with Gasteiger partial charge in [-0.3, -0.25) is 9.79 Å². The number of hydrogen-bond acceptors (Lipinski definition) is 5. The van der Waals surface area contributed by atoms with Crippen LogP contribution in [0.5, 0.6) is 0 Å². The molecule has 0 spiro atoms. The van der Waals surface area contributed by atoms with Gasteiger partial charge in [0.05, 0.1) is 22.5 Å². The molecule has 23 heavy (non-hydrogen) atoms. The van der Waals surface area contributed by atoms with Gasteiger partial charge in [-0.25, -0.2) is 9.97 Å². The molecule has 2 aromatic heterocycles. The molecule has 0 aliphatic carbocycles. The molecule has 0 bridgehead atoms. The van der Waals surface area contributed by atoms with E-state index in [2.05, 4.69) is 20.3 Å². The lowest BCUT2D eigenvalue weighted by Crippen LogP contribution is -2.13. The molecule has 2 rings (SSSR count). The highest BCUT2D eigenvalue weighted by atomic mass is 35.5. The van der Waals surface area contributed by atoms with Gasteiger partial charge in [-0.05, 0) is 13.0 Å². The zero-order chi connectivity index (χ0) is 17.2. The Morgan fingerprint density at radius 2 is 2.04 bits per heavy atom. The third kappa shape index (κ3) is 4.05. The van der Waals surface area contributed by atoms with Crippen molar-refractivity contribution in [1.29, 1.82) is 0 Å². The van der Waals surface area contributed by atoms with Crippen LogP contribution in [0.4, 0.5) is 19.0 Å². The standard InChI is InChI=1S/C13H10ClF3N4OS/c1-6(18-2)12-20-5-9(23-12)11(22)21-10-3-7(13(15,16)17)8(14)4-19-10/h3-5H,1-2H3,(H,19,21,22). The molecular weight excluding hydrogens is 353 g/mol. The predicted octanol–water partition coefficient (Wildman–Crippen LogP) is 3.90. The Morgan fingerprint density at radius 1 is 1.35 bits per heavy atom. The largest absolute Gasteiger partial charge is 0.418 e. The Hall–Kier alpha value is -2.00. The van der Waals surface area contributed by atoms with Gasteiger partial charge in [0.1, 0.15) is 15.7 Å². The summed E-state index contributed by atoms with van der Waals surface area (Å²) in [7, 11) is 1.59. The van der Waals surface area contributed by atoms with Crippen molar-refractivity contribution in [2.45, 2.75) is 13.1 Å². The van der Waals surface area contributed by atoms with Gasteiger partial charge in [-0.2, -0.15) is 13.2 Å². The fourth-order valence-electron chi connectivity index (χ4n) is 1.54. The summed E-state index contributed by atoms with van der Waals surface area (Å²) in [5.41, 5.74) is -0.415. The van der Waals surface area contributed by atoms with Gasteiger partial charge in [0, 0.05) is 13.2 Å². The summed E-state index contributed by atoms with van der Waals surface area (Å²) < 4.78 is 38.3. The summed E-state index contributed by atoms with van der Waals surface area (Å²) in [6.45, 7) is 1.73. The second kappa shape index (κ2) is 6.63. The van der Waals surface area contributed by atoms with E-state index in [4.69, 9.17) is 11.6 Å². The summed E-state index contributed by atoms with van der Waals surface area (Å²) in [5.74, 6) is -0.858. The molecule has 2 heterocycles. The van der Waals surface area contributed by atoms with E-state index in [1.54, 1.807) is 14.0 Å². The zero-order valence-corrected chi connectivity index (χ0v) is 13.5. The number of carbonyl (C=O) groups excluding carboxylic acids is 1. The van der Waals surface area contributed by atoms with E-state index >= 15 is 0 Å². The third-order valence-corrected chi connectivity index (χ3v) is 4.18. The Labute approximate surface area is 138 Å². The lowest BCUT2D eigenvalue weighted by Gasteiger charge is -2.10. The summed E-state index contributed by atoms with van der Waals surface area (Å²) in [6, 6.07) is 0.681. The molecule has 1 N–H and O–H groups in total. The molecule has 5 nitrogen and oxygen atoms in total. The summed E-state index contributed by atoms with van der Waals surface area (Å²) in [5, 5.41) is 2.31. The Kier molecular flexibility index (Phi) is 5.00. The van der Waals surface area contributed by atoms with Crippen LogP contribution in [0.25, 0.3) is 0 Å². The van der Waals surface area contributed by atoms with E-state index < -0.39 is 22.7 Å². The highest BCUT2D eigenvalue weighted by molar-refractivity contribution is 7.15. The molecule has 0 radical (unpaired) electrons. The van der Waals surface area contributed by atoms with E-state index in [0.29, 0.717) is 16.8 Å². The second-order valence-electron chi connectivity index (χ2n) is 4.34. The Bertz CT molecular complexity index is 773. The number of thiazole rings is 1. The monoisotopic (exact) mass is 362 g/mol. The van der Waals surface area contributed by atoms with Gasteiger partial charge in [-0.15, -0.1) is 11.3 Å². The molecule has 1 amide bonds. The molecule has 0 saturated carbocycles. The second-order valence-corrected chi connectivity index (χ2v) is 5.78. The van der Waals surface area contributed by atoms with E-state index in [0.717, 1.165) is 17.5 Å². The number of halogens is 4. The first-order valence-corrected chi connectivity index (χ1v) is 7.35. The van der Waals surface area contributed by atoms with Crippen molar-refractivity contribution in [1.82, 2.24) is 9.97 Å². The smallest absolute Gasteiger partial charge is 0.306 e. The fraction of sp³-hybridized carbons (Fsp3) is 0.231. The fourth-order valence-corrected chi connectivity index (χ4v) is 2.56. The molecule has 0 saturated heterocycles. The van der Waals surface area contributed by atoms with Crippen LogP contribution in [-0.4, -0.2) is 28.6 Å². The van der Waals surface area contributed by atoms with Gasteiger partial charge in [0.15, 0.2) is 0 Å². The van der Waals surface area contributed by atoms with Gasteiger partial charge < -0.3 is 5.32 Å². The van der Waals surface area contributed by atoms with Crippen LogP contribution in [0.2, 0.25) is 5.02 Å². The number of pyridine rings is 1. The molecule has 0 aromatic carbocycles. The molecule has 0 aliphatic rings. The van der Waals surface area contributed by atoms with E-state index in [-0.39, 0.29) is 10.7 Å². The molecule has 122 valence electrons. The molecule has 0 fully saturated rings. The number of aliphatic imine (C=N–C) groups is 1. The minimum Gasteiger partial charge on any atom is -0.306 e. The van der Waals surface area contributed by atoms with Crippen molar-refractivity contribution in [2.75, 3.05) is 12.4 Å². The van der Waals surface area contributed by atoms with Gasteiger partial charge in [-0.1, -0.05) is 11.6 Å². The minimum atomic E-state index is -4.63. The van der Waals surface area contributed by atoms with Gasteiger partial charge in [0.25, 0.3) is 5.91 Å². The number of rotatable bonds is 3. The lowest BCUT2D eigenvalue weighted by atomic mass is 10.2. The lowest BCUT2D eigenvalue weighted by molar-refractivity contribution is -0.137. The number of alkyl halides is 3. The Morgan fingerprint density at radius 3 is 2.65 bits per heavy atom. The van der Waals surface area contributed by atoms with Crippen molar-refractivity contribution in [3.05, 3.63) is 38.9 Å². The number of anilines is 1. The van der Waals surface area contributed by atoms with Crippen LogP contribution in [0.15, 0.2) is 23.5 Å². The van der Waals surface area contributed by atoms with Crippen LogP contribution in [0.3, 0.4) is 0 Å². The van der Waals surface area contributed by atoms with E-state index in [1.807, 2.05) is 0 Å². The molecule has 2 aromatic rings.